The number of thioether (sulfide) groups is 1. The van der Waals surface area contributed by atoms with Crippen LogP contribution in [0.1, 0.15) is 41.8 Å². The van der Waals surface area contributed by atoms with Gasteiger partial charge in [-0.15, -0.1) is 11.3 Å². The van der Waals surface area contributed by atoms with Gasteiger partial charge in [0.15, 0.2) is 14.2 Å². The number of benzene rings is 2. The van der Waals surface area contributed by atoms with Crippen LogP contribution in [0, 0.1) is 0 Å². The first kappa shape index (κ1) is 19.4. The van der Waals surface area contributed by atoms with Gasteiger partial charge in [0, 0.05) is 5.75 Å². The number of hydrogen-bond donors (Lipinski definition) is 1. The largest absolute Gasteiger partial charge is 0.478 e. The average molecular weight is 434 g/mol. The average Bonchev–Trinajstić information content (AvgIpc) is 3.06. The van der Waals surface area contributed by atoms with Crippen LogP contribution in [0.5, 0.6) is 0 Å². The number of para-hydroxylation sites is 1. The Morgan fingerprint density at radius 2 is 2.00 bits per heavy atom. The van der Waals surface area contributed by atoms with Crippen molar-refractivity contribution >= 4 is 49.1 Å². The number of aromatic nitrogens is 1. The van der Waals surface area contributed by atoms with E-state index in [-0.39, 0.29) is 27.4 Å². The van der Waals surface area contributed by atoms with E-state index in [4.69, 9.17) is 0 Å². The molecule has 5 nitrogen and oxygen atoms in total. The topological polar surface area (TPSA) is 84.3 Å². The van der Waals surface area contributed by atoms with Gasteiger partial charge in [-0.1, -0.05) is 43.8 Å². The van der Waals surface area contributed by atoms with Crippen LogP contribution in [0.15, 0.2) is 45.6 Å². The van der Waals surface area contributed by atoms with Crippen molar-refractivity contribution < 1.29 is 18.3 Å². The molecule has 0 atom stereocenters. The third kappa shape index (κ3) is 3.33. The van der Waals surface area contributed by atoms with E-state index < -0.39 is 15.8 Å². The number of carboxylic acids is 1. The van der Waals surface area contributed by atoms with Gasteiger partial charge >= 0.3 is 5.97 Å². The van der Waals surface area contributed by atoms with Crippen LogP contribution >= 0.6 is 23.1 Å². The zero-order chi connectivity index (χ0) is 20.1. The van der Waals surface area contributed by atoms with Crippen molar-refractivity contribution in [1.29, 1.82) is 0 Å². The molecule has 1 aromatic heterocycles. The SMILES string of the molecule is CC1(C)CCS(=O)(=O)c2c1ccc(C(=O)O)c2CSc1nc2ccccc2s1. The number of carboxylic acid groups (broad SMARTS) is 1. The summed E-state index contributed by atoms with van der Waals surface area (Å²) in [5.74, 6) is -0.823. The molecule has 0 bridgehead atoms. The zero-order valence-corrected chi connectivity index (χ0v) is 17.9. The fourth-order valence-corrected chi connectivity index (χ4v) is 7.95. The molecule has 8 heteroatoms. The molecule has 1 aliphatic heterocycles. The Labute approximate surface area is 171 Å². The van der Waals surface area contributed by atoms with Crippen molar-refractivity contribution in [1.82, 2.24) is 4.98 Å². The molecule has 0 radical (unpaired) electrons. The van der Waals surface area contributed by atoms with Gasteiger partial charge in [-0.3, -0.25) is 0 Å². The van der Waals surface area contributed by atoms with E-state index in [2.05, 4.69) is 4.98 Å². The first-order valence-electron chi connectivity index (χ1n) is 8.80. The van der Waals surface area contributed by atoms with Crippen molar-refractivity contribution in [2.75, 3.05) is 5.75 Å². The quantitative estimate of drug-likeness (QED) is 0.598. The maximum absolute atomic E-state index is 12.9. The molecule has 0 spiro atoms. The molecule has 2 aromatic carbocycles. The van der Waals surface area contributed by atoms with Crippen molar-refractivity contribution in [3.8, 4) is 0 Å². The number of sulfone groups is 1. The van der Waals surface area contributed by atoms with E-state index >= 15 is 0 Å². The molecule has 0 unspecified atom stereocenters. The highest BCUT2D eigenvalue weighted by atomic mass is 32.2. The van der Waals surface area contributed by atoms with Crippen LogP contribution in [0.3, 0.4) is 0 Å². The molecular weight excluding hydrogens is 414 g/mol. The number of aromatic carboxylic acids is 1. The molecule has 146 valence electrons. The van der Waals surface area contributed by atoms with Gasteiger partial charge in [-0.2, -0.15) is 0 Å². The van der Waals surface area contributed by atoms with E-state index in [1.165, 1.54) is 29.2 Å². The summed E-state index contributed by atoms with van der Waals surface area (Å²) in [6.45, 7) is 4.01. The Kier molecular flexibility index (Phi) is 4.76. The molecule has 0 amide bonds. The lowest BCUT2D eigenvalue weighted by molar-refractivity contribution is 0.0695. The number of rotatable bonds is 4. The molecule has 3 aromatic rings. The van der Waals surface area contributed by atoms with E-state index in [9.17, 15) is 18.3 Å². The van der Waals surface area contributed by atoms with Gasteiger partial charge in [0.25, 0.3) is 0 Å². The van der Waals surface area contributed by atoms with Crippen molar-refractivity contribution in [3.63, 3.8) is 0 Å². The summed E-state index contributed by atoms with van der Waals surface area (Å²) in [4.78, 5) is 16.6. The van der Waals surface area contributed by atoms with Gasteiger partial charge in [-0.05, 0) is 41.2 Å². The Bertz CT molecular complexity index is 1160. The summed E-state index contributed by atoms with van der Waals surface area (Å²) in [6.07, 6.45) is 0.527. The Balaban J connectivity index is 1.81. The molecule has 28 heavy (non-hydrogen) atoms. The number of carbonyl (C=O) groups is 1. The fourth-order valence-electron chi connectivity index (χ4n) is 3.53. The van der Waals surface area contributed by atoms with Crippen LogP contribution in [0.4, 0.5) is 0 Å². The second-order valence-corrected chi connectivity index (χ2v) is 11.8. The molecule has 4 rings (SSSR count). The summed E-state index contributed by atoms with van der Waals surface area (Å²) < 4.78 is 27.6. The van der Waals surface area contributed by atoms with Gasteiger partial charge in [0.2, 0.25) is 0 Å². The van der Waals surface area contributed by atoms with Crippen LogP contribution in [0.25, 0.3) is 10.2 Å². The van der Waals surface area contributed by atoms with Crippen LogP contribution < -0.4 is 0 Å². The second kappa shape index (κ2) is 6.86. The molecule has 0 saturated carbocycles. The monoisotopic (exact) mass is 433 g/mol. The van der Waals surface area contributed by atoms with Crippen LogP contribution in [-0.2, 0) is 21.0 Å². The highest BCUT2D eigenvalue weighted by molar-refractivity contribution is 8.00. The number of hydrogen-bond acceptors (Lipinski definition) is 6. The predicted octanol–water partition coefficient (Wildman–Crippen LogP) is 4.74. The summed E-state index contributed by atoms with van der Waals surface area (Å²) in [5, 5.41) is 9.66. The van der Waals surface area contributed by atoms with Crippen molar-refractivity contribution in [2.24, 2.45) is 0 Å². The van der Waals surface area contributed by atoms with Gasteiger partial charge in [-0.25, -0.2) is 18.2 Å². The minimum Gasteiger partial charge on any atom is -0.478 e. The minimum absolute atomic E-state index is 0.0366. The smallest absolute Gasteiger partial charge is 0.336 e. The third-order valence-corrected chi connectivity index (χ3v) is 9.18. The molecule has 2 heterocycles. The highest BCUT2D eigenvalue weighted by Crippen LogP contribution is 2.43. The summed E-state index contributed by atoms with van der Waals surface area (Å²) in [6, 6.07) is 11.0. The Morgan fingerprint density at radius 1 is 1.25 bits per heavy atom. The molecular formula is C20H19NO4S3. The van der Waals surface area contributed by atoms with Gasteiger partial charge < -0.3 is 5.11 Å². The number of fused-ring (bicyclic) bond motifs is 2. The lowest BCUT2D eigenvalue weighted by Crippen LogP contribution is -2.32. The summed E-state index contributed by atoms with van der Waals surface area (Å²) in [5.41, 5.74) is 1.71. The molecule has 0 fully saturated rings. The predicted molar refractivity (Wildman–Crippen MR) is 112 cm³/mol. The van der Waals surface area contributed by atoms with E-state index in [1.807, 2.05) is 38.1 Å². The number of nitrogens with zero attached hydrogens (tertiary/aromatic N) is 1. The summed E-state index contributed by atoms with van der Waals surface area (Å²) >= 11 is 2.91. The van der Waals surface area contributed by atoms with Crippen LogP contribution in [-0.4, -0.2) is 30.2 Å². The fraction of sp³-hybridized carbons (Fsp3) is 0.300. The lowest BCUT2D eigenvalue weighted by Gasteiger charge is -2.33. The molecule has 1 aliphatic rings. The number of thiazole rings is 1. The van der Waals surface area contributed by atoms with E-state index in [0.29, 0.717) is 17.5 Å². The van der Waals surface area contributed by atoms with Gasteiger partial charge in [0.1, 0.15) is 0 Å². The maximum Gasteiger partial charge on any atom is 0.336 e. The standard InChI is InChI=1S/C20H19NO4S3/c1-20(2)9-10-28(24,25)17-13(12(18(22)23)7-8-14(17)20)11-26-19-21-15-5-3-4-6-16(15)27-19/h3-8H,9-11H2,1-2H3,(H,22,23). The van der Waals surface area contributed by atoms with Crippen molar-refractivity contribution in [2.45, 2.75) is 40.7 Å². The van der Waals surface area contributed by atoms with Crippen LogP contribution in [0.2, 0.25) is 0 Å². The third-order valence-electron chi connectivity index (χ3n) is 5.14. The Hall–Kier alpha value is -1.90. The minimum atomic E-state index is -3.52. The molecule has 0 aliphatic carbocycles. The zero-order valence-electron chi connectivity index (χ0n) is 15.4. The second-order valence-electron chi connectivity index (χ2n) is 7.46. The Morgan fingerprint density at radius 3 is 2.71 bits per heavy atom. The first-order chi connectivity index (χ1) is 13.2. The maximum atomic E-state index is 12.9. The molecule has 0 saturated heterocycles. The first-order valence-corrected chi connectivity index (χ1v) is 12.3. The van der Waals surface area contributed by atoms with Crippen molar-refractivity contribution in [3.05, 3.63) is 53.1 Å². The van der Waals surface area contributed by atoms with Gasteiger partial charge in [0.05, 0.1) is 26.4 Å². The molecule has 1 N–H and O–H groups in total. The lowest BCUT2D eigenvalue weighted by atomic mass is 9.80. The summed E-state index contributed by atoms with van der Waals surface area (Å²) in [7, 11) is -3.52. The van der Waals surface area contributed by atoms with E-state index in [0.717, 1.165) is 14.6 Å². The van der Waals surface area contributed by atoms with E-state index in [1.54, 1.807) is 6.07 Å². The highest BCUT2D eigenvalue weighted by Gasteiger charge is 2.38. The normalized spacial score (nSPS) is 17.4.